The van der Waals surface area contributed by atoms with E-state index in [-0.39, 0.29) is 0 Å². The van der Waals surface area contributed by atoms with Crippen LogP contribution in [0.1, 0.15) is 24.2 Å². The van der Waals surface area contributed by atoms with Gasteiger partial charge in [0.15, 0.2) is 0 Å². The number of rotatable bonds is 4. The molecule has 2 aromatic rings. The van der Waals surface area contributed by atoms with Crippen LogP contribution in [0.2, 0.25) is 10.0 Å². The Balaban J connectivity index is 2.29. The summed E-state index contributed by atoms with van der Waals surface area (Å²) >= 11 is 11.8. The summed E-state index contributed by atoms with van der Waals surface area (Å²) in [5.74, 6) is 0.735. The van der Waals surface area contributed by atoms with Crippen LogP contribution in [0.4, 0.5) is 0 Å². The molecule has 0 fully saturated rings. The van der Waals surface area contributed by atoms with Crippen LogP contribution in [0.25, 0.3) is 0 Å². The second-order valence-corrected chi connectivity index (χ2v) is 4.90. The van der Waals surface area contributed by atoms with E-state index in [1.54, 1.807) is 18.2 Å². The molecule has 4 heteroatoms. The van der Waals surface area contributed by atoms with E-state index in [0.29, 0.717) is 22.2 Å². The predicted octanol–water partition coefficient (Wildman–Crippen LogP) is 4.47. The lowest BCUT2D eigenvalue weighted by molar-refractivity contribution is 0.219. The number of aliphatic hydroxyl groups is 1. The van der Waals surface area contributed by atoms with Crippen molar-refractivity contribution in [3.63, 3.8) is 0 Å². The summed E-state index contributed by atoms with van der Waals surface area (Å²) < 4.78 is 5.42. The summed E-state index contributed by atoms with van der Waals surface area (Å²) in [6.07, 6.45) is -0.754. The van der Waals surface area contributed by atoms with E-state index >= 15 is 0 Å². The number of ether oxygens (including phenoxy) is 1. The first-order valence-corrected chi connectivity index (χ1v) is 6.73. The molecule has 0 aliphatic rings. The number of hydrogen-bond donors (Lipinski definition) is 1. The van der Waals surface area contributed by atoms with Gasteiger partial charge >= 0.3 is 0 Å². The lowest BCUT2D eigenvalue weighted by Gasteiger charge is -2.13. The fourth-order valence-electron chi connectivity index (χ4n) is 1.82. The molecule has 100 valence electrons. The van der Waals surface area contributed by atoms with Crippen molar-refractivity contribution in [1.82, 2.24) is 0 Å². The Morgan fingerprint density at radius 1 is 1.05 bits per heavy atom. The molecule has 2 aromatic carbocycles. The molecule has 0 saturated carbocycles. The molecular weight excluding hydrogens is 283 g/mol. The second-order valence-electron chi connectivity index (χ2n) is 4.08. The highest BCUT2D eigenvalue weighted by molar-refractivity contribution is 6.42. The molecule has 0 spiro atoms. The van der Waals surface area contributed by atoms with E-state index in [4.69, 9.17) is 27.9 Å². The van der Waals surface area contributed by atoms with Crippen molar-refractivity contribution < 1.29 is 9.84 Å². The third-order valence-electron chi connectivity index (χ3n) is 2.74. The molecule has 2 nitrogen and oxygen atoms in total. The van der Waals surface area contributed by atoms with Crippen LogP contribution in [0.3, 0.4) is 0 Å². The van der Waals surface area contributed by atoms with Gasteiger partial charge in [0, 0.05) is 0 Å². The Morgan fingerprint density at radius 2 is 1.79 bits per heavy atom. The molecular formula is C15H14Cl2O2. The zero-order chi connectivity index (χ0) is 13.8. The summed E-state index contributed by atoms with van der Waals surface area (Å²) in [6, 6.07) is 12.5. The van der Waals surface area contributed by atoms with Crippen LogP contribution in [0.15, 0.2) is 42.5 Å². The summed E-state index contributed by atoms with van der Waals surface area (Å²) in [6.45, 7) is 2.51. The molecule has 0 aliphatic carbocycles. The van der Waals surface area contributed by atoms with Gasteiger partial charge in [0.25, 0.3) is 0 Å². The predicted molar refractivity (Wildman–Crippen MR) is 78.1 cm³/mol. The Bertz CT molecular complexity index is 570. The Labute approximate surface area is 122 Å². The van der Waals surface area contributed by atoms with Gasteiger partial charge in [-0.15, -0.1) is 0 Å². The lowest BCUT2D eigenvalue weighted by Crippen LogP contribution is -2.00. The Hall–Kier alpha value is -1.22. The topological polar surface area (TPSA) is 29.5 Å². The van der Waals surface area contributed by atoms with Crippen molar-refractivity contribution in [3.8, 4) is 5.75 Å². The average molecular weight is 297 g/mol. The molecule has 1 unspecified atom stereocenters. The van der Waals surface area contributed by atoms with Gasteiger partial charge in [-0.2, -0.15) is 0 Å². The fourth-order valence-corrected chi connectivity index (χ4v) is 2.12. The molecule has 0 aliphatic heterocycles. The van der Waals surface area contributed by atoms with Gasteiger partial charge in [-0.25, -0.2) is 0 Å². The minimum Gasteiger partial charge on any atom is -0.494 e. The monoisotopic (exact) mass is 296 g/mol. The van der Waals surface area contributed by atoms with Crippen molar-refractivity contribution in [2.45, 2.75) is 13.0 Å². The van der Waals surface area contributed by atoms with E-state index in [9.17, 15) is 5.11 Å². The fraction of sp³-hybridized carbons (Fsp3) is 0.200. The van der Waals surface area contributed by atoms with Crippen molar-refractivity contribution >= 4 is 23.2 Å². The molecule has 1 atom stereocenters. The summed E-state index contributed by atoms with van der Waals surface area (Å²) in [7, 11) is 0. The SMILES string of the molecule is CCOc1cccc(C(O)c2ccc(Cl)c(Cl)c2)c1. The minimum absolute atomic E-state index is 0.430. The first kappa shape index (κ1) is 14.2. The molecule has 0 radical (unpaired) electrons. The number of hydrogen-bond acceptors (Lipinski definition) is 2. The molecule has 2 rings (SSSR count). The zero-order valence-corrected chi connectivity index (χ0v) is 11.9. The van der Waals surface area contributed by atoms with Gasteiger partial charge < -0.3 is 9.84 Å². The molecule has 0 aromatic heterocycles. The second kappa shape index (κ2) is 6.29. The smallest absolute Gasteiger partial charge is 0.119 e. The van der Waals surface area contributed by atoms with Crippen LogP contribution in [0, 0.1) is 0 Å². The van der Waals surface area contributed by atoms with Crippen molar-refractivity contribution in [1.29, 1.82) is 0 Å². The van der Waals surface area contributed by atoms with Crippen LogP contribution in [-0.2, 0) is 0 Å². The number of benzene rings is 2. The number of halogens is 2. The maximum atomic E-state index is 10.3. The lowest BCUT2D eigenvalue weighted by atomic mass is 10.0. The maximum Gasteiger partial charge on any atom is 0.119 e. The molecule has 0 saturated heterocycles. The highest BCUT2D eigenvalue weighted by Crippen LogP contribution is 2.30. The number of aliphatic hydroxyl groups excluding tert-OH is 1. The Morgan fingerprint density at radius 3 is 2.47 bits per heavy atom. The Kier molecular flexibility index (Phi) is 4.70. The van der Waals surface area contributed by atoms with E-state index in [1.807, 2.05) is 31.2 Å². The van der Waals surface area contributed by atoms with E-state index < -0.39 is 6.10 Å². The van der Waals surface area contributed by atoms with Gasteiger partial charge in [0.2, 0.25) is 0 Å². The first-order valence-electron chi connectivity index (χ1n) is 5.97. The van der Waals surface area contributed by atoms with Crippen LogP contribution in [-0.4, -0.2) is 11.7 Å². The van der Waals surface area contributed by atoms with Crippen LogP contribution in [0.5, 0.6) is 5.75 Å². The maximum absolute atomic E-state index is 10.3. The summed E-state index contributed by atoms with van der Waals surface area (Å²) in [4.78, 5) is 0. The largest absolute Gasteiger partial charge is 0.494 e. The zero-order valence-electron chi connectivity index (χ0n) is 10.4. The highest BCUT2D eigenvalue weighted by atomic mass is 35.5. The van der Waals surface area contributed by atoms with Crippen LogP contribution < -0.4 is 4.74 Å². The summed E-state index contributed by atoms with van der Waals surface area (Å²) in [5, 5.41) is 11.2. The van der Waals surface area contributed by atoms with E-state index in [2.05, 4.69) is 0 Å². The van der Waals surface area contributed by atoms with Crippen molar-refractivity contribution in [3.05, 3.63) is 63.6 Å². The van der Waals surface area contributed by atoms with Crippen molar-refractivity contribution in [2.75, 3.05) is 6.61 Å². The molecule has 0 heterocycles. The van der Waals surface area contributed by atoms with E-state index in [1.165, 1.54) is 0 Å². The molecule has 1 N–H and O–H groups in total. The molecule has 0 bridgehead atoms. The van der Waals surface area contributed by atoms with Gasteiger partial charge in [-0.3, -0.25) is 0 Å². The normalized spacial score (nSPS) is 12.2. The summed E-state index contributed by atoms with van der Waals surface area (Å²) in [5.41, 5.74) is 1.45. The van der Waals surface area contributed by atoms with Crippen molar-refractivity contribution in [2.24, 2.45) is 0 Å². The van der Waals surface area contributed by atoms with Gasteiger partial charge in [0.1, 0.15) is 11.9 Å². The average Bonchev–Trinajstić information content (AvgIpc) is 2.42. The third-order valence-corrected chi connectivity index (χ3v) is 3.48. The van der Waals surface area contributed by atoms with Crippen LogP contribution >= 0.6 is 23.2 Å². The minimum atomic E-state index is -0.754. The first-order chi connectivity index (χ1) is 9.11. The van der Waals surface area contributed by atoms with E-state index in [0.717, 1.165) is 11.3 Å². The van der Waals surface area contributed by atoms with Gasteiger partial charge in [0.05, 0.1) is 16.7 Å². The third kappa shape index (κ3) is 3.41. The molecule has 0 amide bonds. The molecule has 19 heavy (non-hydrogen) atoms. The quantitative estimate of drug-likeness (QED) is 0.902. The standard InChI is InChI=1S/C15H14Cl2O2/c1-2-19-12-5-3-4-10(8-12)15(18)11-6-7-13(16)14(17)9-11/h3-9,15,18H,2H2,1H3. The van der Waals surface area contributed by atoms with Gasteiger partial charge in [-0.05, 0) is 42.3 Å². The highest BCUT2D eigenvalue weighted by Gasteiger charge is 2.12. The van der Waals surface area contributed by atoms with Gasteiger partial charge in [-0.1, -0.05) is 41.4 Å².